The van der Waals surface area contributed by atoms with Crippen molar-refractivity contribution in [2.75, 3.05) is 0 Å². The molecular weight excluding hydrogens is 905 g/mol. The molecule has 3 aliphatic rings. The highest BCUT2D eigenvalue weighted by Crippen LogP contribution is 2.60. The molecule has 0 radical (unpaired) electrons. The summed E-state index contributed by atoms with van der Waals surface area (Å²) in [6.45, 7) is -0.493. The Bertz CT molecular complexity index is 3550. The summed E-state index contributed by atoms with van der Waals surface area (Å²) in [5.74, 6) is -3.12. The third-order valence-electron chi connectivity index (χ3n) is 11.0. The summed E-state index contributed by atoms with van der Waals surface area (Å²) < 4.78 is 19.7. The first-order chi connectivity index (χ1) is 32.7. The largest absolute Gasteiger partial charge is 0.457 e. The molecule has 16 heteroatoms. The number of nitrogens with zero attached hydrogens (tertiary/aromatic N) is 6. The van der Waals surface area contributed by atoms with Crippen molar-refractivity contribution in [2.24, 2.45) is 9.98 Å². The zero-order valence-electron chi connectivity index (χ0n) is 34.2. The summed E-state index contributed by atoms with van der Waals surface area (Å²) in [6.07, 6.45) is 0. The van der Waals surface area contributed by atoms with Crippen LogP contribution in [0.3, 0.4) is 0 Å². The van der Waals surface area contributed by atoms with Crippen LogP contribution < -0.4 is 4.74 Å². The van der Waals surface area contributed by atoms with Gasteiger partial charge < -0.3 is 14.2 Å². The van der Waals surface area contributed by atoms with Crippen molar-refractivity contribution in [3.05, 3.63) is 171 Å². The number of nitriles is 4. The topological polar surface area (TPSA) is 216 Å². The third-order valence-corrected chi connectivity index (χ3v) is 14.5. The molecule has 7 aromatic rings. The molecule has 0 spiro atoms. The molecule has 10 rings (SSSR count). The molecule has 0 saturated heterocycles. The Labute approximate surface area is 391 Å². The number of fused-ring (bicyclic) bond motifs is 7. The van der Waals surface area contributed by atoms with Crippen molar-refractivity contribution in [3.63, 3.8) is 0 Å². The van der Waals surface area contributed by atoms with Crippen LogP contribution in [0.25, 0.3) is 30.3 Å². The van der Waals surface area contributed by atoms with E-state index in [9.17, 15) is 40.2 Å². The number of carbonyl (C=O) groups excluding carboxylic acids is 4. The molecule has 4 heterocycles. The summed E-state index contributed by atoms with van der Waals surface area (Å²) in [5.41, 5.74) is -0.774. The molecule has 4 aromatic carbocycles. The summed E-state index contributed by atoms with van der Waals surface area (Å²) in [6, 6.07) is 41.5. The van der Waals surface area contributed by atoms with Gasteiger partial charge in [-0.3, -0.25) is 9.59 Å². The fourth-order valence-electron chi connectivity index (χ4n) is 8.01. The first-order valence-electron chi connectivity index (χ1n) is 20.1. The lowest BCUT2D eigenvalue weighted by atomic mass is 9.91. The molecule has 318 valence electrons. The average molecular weight is 929 g/mol. The minimum absolute atomic E-state index is 0.0220. The van der Waals surface area contributed by atoms with E-state index in [0.29, 0.717) is 46.4 Å². The fraction of sp³-hybridized carbons (Fsp3) is 0.0588. The predicted molar refractivity (Wildman–Crippen MR) is 250 cm³/mol. The second-order valence-electron chi connectivity index (χ2n) is 14.9. The minimum Gasteiger partial charge on any atom is -0.457 e. The second-order valence-corrected chi connectivity index (χ2v) is 18.0. The number of carbonyl (C=O) groups is 4. The molecule has 0 N–H and O–H groups in total. The van der Waals surface area contributed by atoms with E-state index >= 15 is 0 Å². The summed E-state index contributed by atoms with van der Waals surface area (Å²) in [7, 11) is 0. The molecule has 0 saturated carbocycles. The predicted octanol–water partition coefficient (Wildman–Crippen LogP) is 10.3. The first kappa shape index (κ1) is 42.1. The molecule has 3 aromatic heterocycles. The van der Waals surface area contributed by atoms with Crippen LogP contribution in [0, 0.1) is 45.3 Å². The van der Waals surface area contributed by atoms with Crippen LogP contribution >= 0.6 is 34.0 Å². The molecule has 0 bridgehead atoms. The number of esters is 2. The molecule has 67 heavy (non-hydrogen) atoms. The smallest absolute Gasteiger partial charge is 0.367 e. The van der Waals surface area contributed by atoms with E-state index < -0.39 is 29.1 Å². The van der Waals surface area contributed by atoms with Gasteiger partial charge in [-0.25, -0.2) is 19.6 Å². The van der Waals surface area contributed by atoms with Crippen molar-refractivity contribution < 1.29 is 33.4 Å². The van der Waals surface area contributed by atoms with Crippen LogP contribution in [0.5, 0.6) is 5.75 Å². The Balaban J connectivity index is 1.16. The number of allylic oxidation sites excluding steroid dienone is 4. The summed E-state index contributed by atoms with van der Waals surface area (Å²) >= 11 is 3.37. The maximum absolute atomic E-state index is 15.0. The van der Waals surface area contributed by atoms with Crippen molar-refractivity contribution in [2.45, 2.75) is 18.8 Å². The average Bonchev–Trinajstić information content (AvgIpc) is 4.17. The molecule has 13 nitrogen and oxygen atoms in total. The lowest BCUT2D eigenvalue weighted by Crippen LogP contribution is -2.52. The number of ketones is 2. The molecule has 0 fully saturated rings. The van der Waals surface area contributed by atoms with Gasteiger partial charge in [-0.1, -0.05) is 109 Å². The van der Waals surface area contributed by atoms with E-state index in [1.807, 2.05) is 24.3 Å². The first-order valence-corrected chi connectivity index (χ1v) is 22.5. The van der Waals surface area contributed by atoms with Crippen molar-refractivity contribution in [1.29, 1.82) is 21.0 Å². The van der Waals surface area contributed by atoms with Crippen molar-refractivity contribution in [1.82, 2.24) is 0 Å². The molecule has 2 aliphatic carbocycles. The van der Waals surface area contributed by atoms with Crippen LogP contribution in [0.15, 0.2) is 142 Å². The number of ether oxygens (including phenoxy) is 3. The number of aliphatic imine (C=N–C) groups is 2. The SMILES string of the molecule is N#CC(C#N)=C1C(=Nc2cc3c(s2)-c2sc4cc(N=C5C(=O)c6ccccc6C5=C(C#N)C#N)sc4c2OC3(C(=O)OCc2ccccc2)C(=O)OCc2ccccc2)C(=O)c2ccccc21. The van der Waals surface area contributed by atoms with Gasteiger partial charge >= 0.3 is 17.5 Å². The van der Waals surface area contributed by atoms with Crippen molar-refractivity contribution in [3.8, 4) is 39.8 Å². The van der Waals surface area contributed by atoms with E-state index in [2.05, 4.69) is 0 Å². The van der Waals surface area contributed by atoms with Crippen LogP contribution in [0.1, 0.15) is 48.5 Å². The lowest BCUT2D eigenvalue weighted by molar-refractivity contribution is -0.183. The van der Waals surface area contributed by atoms with Gasteiger partial charge in [-0.2, -0.15) is 21.0 Å². The van der Waals surface area contributed by atoms with E-state index in [-0.39, 0.29) is 74.4 Å². The Morgan fingerprint density at radius 1 is 0.567 bits per heavy atom. The highest BCUT2D eigenvalue weighted by molar-refractivity contribution is 7.33. The quantitative estimate of drug-likeness (QED) is 0.0793. The molecule has 0 unspecified atom stereocenters. The standard InChI is InChI=1S/C51H24N6O7S3/c52-21-29(22-53)39-31-15-7-9-17-33(31)43(58)41(39)56-37-19-35-46(66-37)48-45(64-51(35,49(60)62-25-27-11-3-1-4-12-27)50(61)63-26-28-13-5-2-6-14-28)47-36(65-48)20-38(67-47)57-42-40(30(23-54)24-55)32-16-8-10-18-34(32)44(42)59/h1-20H,25-26H2. The van der Waals surface area contributed by atoms with Crippen molar-refractivity contribution >= 4 is 99.5 Å². The van der Waals surface area contributed by atoms with E-state index in [1.165, 1.54) is 17.4 Å². The van der Waals surface area contributed by atoms with Gasteiger partial charge in [0, 0.05) is 27.8 Å². The normalized spacial score (nSPS) is 15.0. The Hall–Kier alpha value is -8.90. The zero-order valence-corrected chi connectivity index (χ0v) is 36.7. The summed E-state index contributed by atoms with van der Waals surface area (Å²) in [4.78, 5) is 68.0. The van der Waals surface area contributed by atoms with Crippen LogP contribution in [0.2, 0.25) is 0 Å². The fourth-order valence-corrected chi connectivity index (χ4v) is 11.6. The number of Topliss-reactive ketones (excluding diaryl/α,β-unsaturated/α-hetero) is 2. The van der Waals surface area contributed by atoms with Crippen LogP contribution in [0.4, 0.5) is 10.0 Å². The number of hydrogen-bond donors (Lipinski definition) is 0. The van der Waals surface area contributed by atoms with E-state index in [1.54, 1.807) is 115 Å². The minimum atomic E-state index is -2.62. The van der Waals surface area contributed by atoms with Gasteiger partial charge in [-0.05, 0) is 34.4 Å². The molecular formula is C51H24N6O7S3. The van der Waals surface area contributed by atoms with Gasteiger partial charge in [0.1, 0.15) is 70.1 Å². The number of rotatable bonds is 8. The number of thiophene rings is 3. The zero-order chi connectivity index (χ0) is 46.4. The lowest BCUT2D eigenvalue weighted by Gasteiger charge is -2.33. The van der Waals surface area contributed by atoms with E-state index in [0.717, 1.165) is 22.7 Å². The van der Waals surface area contributed by atoms with Crippen LogP contribution in [-0.4, -0.2) is 34.9 Å². The third kappa shape index (κ3) is 6.94. The molecule has 1 aliphatic heterocycles. The monoisotopic (exact) mass is 928 g/mol. The van der Waals surface area contributed by atoms with Gasteiger partial charge in [0.25, 0.3) is 0 Å². The van der Waals surface area contributed by atoms with Gasteiger partial charge in [0.2, 0.25) is 11.6 Å². The highest BCUT2D eigenvalue weighted by atomic mass is 32.1. The number of hydrogen-bond acceptors (Lipinski definition) is 16. The van der Waals surface area contributed by atoms with E-state index in [4.69, 9.17) is 24.2 Å². The molecule has 0 amide bonds. The van der Waals surface area contributed by atoms with Gasteiger partial charge in [0.15, 0.2) is 5.75 Å². The Kier molecular flexibility index (Phi) is 10.6. The highest BCUT2D eigenvalue weighted by Gasteiger charge is 2.59. The molecule has 0 atom stereocenters. The van der Waals surface area contributed by atoms with Crippen LogP contribution in [-0.2, 0) is 37.9 Å². The Morgan fingerprint density at radius 2 is 1.01 bits per heavy atom. The number of benzene rings is 4. The Morgan fingerprint density at radius 3 is 1.49 bits per heavy atom. The maximum atomic E-state index is 15.0. The second kappa shape index (κ2) is 16.9. The van der Waals surface area contributed by atoms with Gasteiger partial charge in [0.05, 0.1) is 19.2 Å². The summed E-state index contributed by atoms with van der Waals surface area (Å²) in [5, 5.41) is 40.2. The maximum Gasteiger partial charge on any atom is 0.367 e. The van der Waals surface area contributed by atoms with Gasteiger partial charge in [-0.15, -0.1) is 34.0 Å².